The molecule has 0 aliphatic carbocycles. The van der Waals surface area contributed by atoms with Crippen molar-refractivity contribution in [2.24, 2.45) is 0 Å². The third-order valence-electron chi connectivity index (χ3n) is 3.80. The van der Waals surface area contributed by atoms with Gasteiger partial charge in [-0.1, -0.05) is 42.5 Å². The monoisotopic (exact) mass is 363 g/mol. The summed E-state index contributed by atoms with van der Waals surface area (Å²) in [5.74, 6) is 1.27. The fourth-order valence-electron chi connectivity index (χ4n) is 2.43. The van der Waals surface area contributed by atoms with Gasteiger partial charge < -0.3 is 20.1 Å². The Morgan fingerprint density at radius 3 is 2.41 bits per heavy atom. The molecule has 0 aliphatic heterocycles. The zero-order chi connectivity index (χ0) is 18.9. The van der Waals surface area contributed by atoms with Gasteiger partial charge in [-0.25, -0.2) is 4.98 Å². The van der Waals surface area contributed by atoms with Gasteiger partial charge in [0.2, 0.25) is 0 Å². The highest BCUT2D eigenvalue weighted by molar-refractivity contribution is 5.91. The number of pyridine rings is 1. The van der Waals surface area contributed by atoms with E-state index in [0.717, 1.165) is 5.69 Å². The van der Waals surface area contributed by atoms with Gasteiger partial charge >= 0.3 is 0 Å². The highest BCUT2D eigenvalue weighted by atomic mass is 16.5. The third kappa shape index (κ3) is 5.47. The lowest BCUT2D eigenvalue weighted by atomic mass is 10.2. The first-order valence-corrected chi connectivity index (χ1v) is 8.54. The maximum atomic E-state index is 12.0. The van der Waals surface area contributed by atoms with Crippen molar-refractivity contribution >= 4 is 17.4 Å². The molecule has 138 valence electrons. The third-order valence-corrected chi connectivity index (χ3v) is 3.80. The van der Waals surface area contributed by atoms with Crippen LogP contribution in [0.25, 0.3) is 0 Å². The number of hydrogen-bond acceptors (Lipinski definition) is 5. The topological polar surface area (TPSA) is 72.5 Å². The quantitative estimate of drug-likeness (QED) is 0.638. The van der Waals surface area contributed by atoms with E-state index in [9.17, 15) is 4.79 Å². The van der Waals surface area contributed by atoms with Crippen LogP contribution in [0.15, 0.2) is 72.9 Å². The lowest BCUT2D eigenvalue weighted by Gasteiger charge is -2.11. The fraction of sp³-hybridized carbons (Fsp3) is 0.143. The predicted molar refractivity (Wildman–Crippen MR) is 105 cm³/mol. The average molecular weight is 363 g/mol. The zero-order valence-corrected chi connectivity index (χ0v) is 15.0. The van der Waals surface area contributed by atoms with Crippen molar-refractivity contribution in [1.82, 2.24) is 4.98 Å². The van der Waals surface area contributed by atoms with E-state index in [1.165, 1.54) is 5.56 Å². The number of benzene rings is 2. The van der Waals surface area contributed by atoms with Crippen LogP contribution in [0, 0.1) is 0 Å². The number of anilines is 2. The van der Waals surface area contributed by atoms with Crippen LogP contribution in [-0.2, 0) is 11.3 Å². The number of amides is 1. The molecule has 0 unspecified atom stereocenters. The van der Waals surface area contributed by atoms with Crippen molar-refractivity contribution in [2.45, 2.75) is 6.54 Å². The van der Waals surface area contributed by atoms with E-state index in [4.69, 9.17) is 9.47 Å². The number of carbonyl (C=O) groups is 1. The summed E-state index contributed by atoms with van der Waals surface area (Å²) in [5, 5.41) is 5.99. The van der Waals surface area contributed by atoms with Crippen molar-refractivity contribution < 1.29 is 14.3 Å². The molecule has 27 heavy (non-hydrogen) atoms. The zero-order valence-electron chi connectivity index (χ0n) is 15.0. The lowest BCUT2D eigenvalue weighted by molar-refractivity contribution is -0.118. The minimum Gasteiger partial charge on any atom is -0.493 e. The average Bonchev–Trinajstić information content (AvgIpc) is 2.72. The van der Waals surface area contributed by atoms with Crippen LogP contribution >= 0.6 is 0 Å². The molecule has 1 heterocycles. The normalized spacial score (nSPS) is 10.1. The van der Waals surface area contributed by atoms with Gasteiger partial charge in [0.1, 0.15) is 5.82 Å². The highest BCUT2D eigenvalue weighted by Gasteiger charge is 2.08. The Bertz CT molecular complexity index is 867. The summed E-state index contributed by atoms with van der Waals surface area (Å²) in [7, 11) is 1.56. The fourth-order valence-corrected chi connectivity index (χ4v) is 2.43. The van der Waals surface area contributed by atoms with E-state index in [0.29, 0.717) is 23.9 Å². The molecule has 0 saturated carbocycles. The first-order valence-electron chi connectivity index (χ1n) is 8.54. The number of nitrogens with zero attached hydrogens (tertiary/aromatic N) is 1. The number of para-hydroxylation sites is 2. The second-order valence-electron chi connectivity index (χ2n) is 5.76. The van der Waals surface area contributed by atoms with Gasteiger partial charge in [-0.05, 0) is 29.8 Å². The van der Waals surface area contributed by atoms with E-state index in [1.54, 1.807) is 31.5 Å². The molecular formula is C21H21N3O3. The SMILES string of the molecule is COc1ccccc1OCC(=O)Nc1ccc(NCc2ccccc2)cn1. The number of hydrogen-bond donors (Lipinski definition) is 2. The van der Waals surface area contributed by atoms with E-state index in [2.05, 4.69) is 27.8 Å². The van der Waals surface area contributed by atoms with E-state index in [1.807, 2.05) is 36.4 Å². The number of rotatable bonds is 8. The molecular weight excluding hydrogens is 342 g/mol. The Morgan fingerprint density at radius 2 is 1.70 bits per heavy atom. The number of carbonyl (C=O) groups excluding carboxylic acids is 1. The Hall–Kier alpha value is -3.54. The Balaban J connectivity index is 1.48. The van der Waals surface area contributed by atoms with Crippen molar-refractivity contribution in [3.8, 4) is 11.5 Å². The summed E-state index contributed by atoms with van der Waals surface area (Å²) in [6.45, 7) is 0.580. The minimum atomic E-state index is -0.293. The van der Waals surface area contributed by atoms with Crippen LogP contribution in [0.1, 0.15) is 5.56 Å². The summed E-state index contributed by atoms with van der Waals surface area (Å²) in [6, 6.07) is 20.9. The summed E-state index contributed by atoms with van der Waals surface area (Å²) in [5.41, 5.74) is 2.06. The maximum Gasteiger partial charge on any atom is 0.263 e. The number of nitrogens with one attached hydrogen (secondary N) is 2. The molecule has 0 bridgehead atoms. The van der Waals surface area contributed by atoms with Crippen molar-refractivity contribution in [2.75, 3.05) is 24.4 Å². The molecule has 3 rings (SSSR count). The van der Waals surface area contributed by atoms with Gasteiger partial charge in [0.05, 0.1) is 19.0 Å². The highest BCUT2D eigenvalue weighted by Crippen LogP contribution is 2.25. The standard InChI is InChI=1S/C21H21N3O3/c1-26-18-9-5-6-10-19(18)27-15-21(25)24-20-12-11-17(14-23-20)22-13-16-7-3-2-4-8-16/h2-12,14,22H,13,15H2,1H3,(H,23,24,25). The van der Waals surface area contributed by atoms with Crippen LogP contribution in [0.4, 0.5) is 11.5 Å². The second kappa shape index (κ2) is 9.24. The summed E-state index contributed by atoms with van der Waals surface area (Å²) in [6.07, 6.45) is 1.68. The summed E-state index contributed by atoms with van der Waals surface area (Å²) >= 11 is 0. The van der Waals surface area contributed by atoms with E-state index in [-0.39, 0.29) is 12.5 Å². The summed E-state index contributed by atoms with van der Waals surface area (Å²) < 4.78 is 10.7. The molecule has 0 saturated heterocycles. The first kappa shape index (κ1) is 18.3. The Morgan fingerprint density at radius 1 is 0.963 bits per heavy atom. The smallest absolute Gasteiger partial charge is 0.263 e. The summed E-state index contributed by atoms with van der Waals surface area (Å²) in [4.78, 5) is 16.3. The van der Waals surface area contributed by atoms with Crippen LogP contribution in [0.3, 0.4) is 0 Å². The van der Waals surface area contributed by atoms with E-state index < -0.39 is 0 Å². The maximum absolute atomic E-state index is 12.0. The molecule has 1 amide bonds. The number of ether oxygens (including phenoxy) is 2. The van der Waals surface area contributed by atoms with Crippen LogP contribution in [0.5, 0.6) is 11.5 Å². The largest absolute Gasteiger partial charge is 0.493 e. The number of methoxy groups -OCH3 is 1. The molecule has 0 atom stereocenters. The first-order chi connectivity index (χ1) is 13.2. The molecule has 1 aromatic heterocycles. The number of aromatic nitrogens is 1. The van der Waals surface area contributed by atoms with Crippen molar-refractivity contribution in [1.29, 1.82) is 0 Å². The van der Waals surface area contributed by atoms with Gasteiger partial charge in [0, 0.05) is 6.54 Å². The minimum absolute atomic E-state index is 0.129. The van der Waals surface area contributed by atoms with Gasteiger partial charge in [0.25, 0.3) is 5.91 Å². The van der Waals surface area contributed by atoms with Gasteiger partial charge in [-0.15, -0.1) is 0 Å². The molecule has 2 aromatic carbocycles. The van der Waals surface area contributed by atoms with Crippen LogP contribution in [-0.4, -0.2) is 24.6 Å². The lowest BCUT2D eigenvalue weighted by Crippen LogP contribution is -2.20. The molecule has 0 fully saturated rings. The molecule has 0 spiro atoms. The van der Waals surface area contributed by atoms with Crippen LogP contribution < -0.4 is 20.1 Å². The van der Waals surface area contributed by atoms with Gasteiger partial charge in [0.15, 0.2) is 18.1 Å². The molecule has 0 aliphatic rings. The van der Waals surface area contributed by atoms with E-state index >= 15 is 0 Å². The van der Waals surface area contributed by atoms with Gasteiger partial charge in [-0.3, -0.25) is 4.79 Å². The Kier molecular flexibility index (Phi) is 6.25. The molecule has 2 N–H and O–H groups in total. The van der Waals surface area contributed by atoms with Gasteiger partial charge in [-0.2, -0.15) is 0 Å². The molecule has 0 radical (unpaired) electrons. The predicted octanol–water partition coefficient (Wildman–Crippen LogP) is 3.72. The molecule has 3 aromatic rings. The Labute approximate surface area is 158 Å². The second-order valence-corrected chi connectivity index (χ2v) is 5.76. The molecule has 6 heteroatoms. The van der Waals surface area contributed by atoms with Crippen LogP contribution in [0.2, 0.25) is 0 Å². The molecule has 6 nitrogen and oxygen atoms in total. The van der Waals surface area contributed by atoms with Crippen molar-refractivity contribution in [3.05, 3.63) is 78.5 Å². The van der Waals surface area contributed by atoms with Crippen molar-refractivity contribution in [3.63, 3.8) is 0 Å².